The lowest BCUT2D eigenvalue weighted by atomic mass is 10.2. The van der Waals surface area contributed by atoms with Gasteiger partial charge in [0.1, 0.15) is 12.4 Å². The molecule has 3 rings (SSSR count). The number of carbonyl (C=O) groups excluding carboxylic acids is 1. The van der Waals surface area contributed by atoms with Crippen molar-refractivity contribution in [1.29, 1.82) is 0 Å². The lowest BCUT2D eigenvalue weighted by Gasteiger charge is -2.13. The summed E-state index contributed by atoms with van der Waals surface area (Å²) in [5.74, 6) is 0.686. The third-order valence-electron chi connectivity index (χ3n) is 3.80. The SMILES string of the molecule is O=C(CNc1cccc(OC[C@H]2CCCO2)c1)Nc1ccccc1. The predicted molar refractivity (Wildman–Crippen MR) is 94.5 cm³/mol. The van der Waals surface area contributed by atoms with E-state index < -0.39 is 0 Å². The van der Waals surface area contributed by atoms with E-state index in [2.05, 4.69) is 10.6 Å². The van der Waals surface area contributed by atoms with Gasteiger partial charge in [-0.05, 0) is 37.1 Å². The second-order valence-electron chi connectivity index (χ2n) is 5.74. The van der Waals surface area contributed by atoms with Crippen LogP contribution in [0, 0.1) is 0 Å². The third kappa shape index (κ3) is 4.99. The maximum absolute atomic E-state index is 11.9. The predicted octanol–water partition coefficient (Wildman–Crippen LogP) is 3.30. The molecular formula is C19H22N2O3. The van der Waals surface area contributed by atoms with Gasteiger partial charge in [0.05, 0.1) is 12.6 Å². The highest BCUT2D eigenvalue weighted by Gasteiger charge is 2.15. The molecule has 0 unspecified atom stereocenters. The molecule has 1 aliphatic rings. The standard InChI is InChI=1S/C19H22N2O3/c22-19(21-15-6-2-1-3-7-15)13-20-16-8-4-9-17(12-16)24-14-18-10-5-11-23-18/h1-4,6-9,12,18,20H,5,10-11,13-14H2,(H,21,22)/t18-/m1/s1. The second-order valence-corrected chi connectivity index (χ2v) is 5.74. The first kappa shape index (κ1) is 16.3. The fourth-order valence-electron chi connectivity index (χ4n) is 2.57. The van der Waals surface area contributed by atoms with Crippen LogP contribution in [0.5, 0.6) is 5.75 Å². The fraction of sp³-hybridized carbons (Fsp3) is 0.316. The minimum absolute atomic E-state index is 0.0909. The fourth-order valence-corrected chi connectivity index (χ4v) is 2.57. The van der Waals surface area contributed by atoms with Crippen molar-refractivity contribution < 1.29 is 14.3 Å². The first-order chi connectivity index (χ1) is 11.8. The van der Waals surface area contributed by atoms with Crippen LogP contribution < -0.4 is 15.4 Å². The summed E-state index contributed by atoms with van der Waals surface area (Å²) in [6, 6.07) is 17.0. The summed E-state index contributed by atoms with van der Waals surface area (Å²) in [6.45, 7) is 1.59. The number of carbonyl (C=O) groups is 1. The third-order valence-corrected chi connectivity index (χ3v) is 3.80. The van der Waals surface area contributed by atoms with Gasteiger partial charge in [-0.25, -0.2) is 0 Å². The van der Waals surface area contributed by atoms with Crippen molar-refractivity contribution in [1.82, 2.24) is 0 Å². The van der Waals surface area contributed by atoms with Crippen LogP contribution in [0.1, 0.15) is 12.8 Å². The van der Waals surface area contributed by atoms with Gasteiger partial charge in [-0.15, -0.1) is 0 Å². The van der Waals surface area contributed by atoms with Crippen LogP contribution in [0.15, 0.2) is 54.6 Å². The highest BCUT2D eigenvalue weighted by Crippen LogP contribution is 2.19. The van der Waals surface area contributed by atoms with Crippen LogP contribution in [0.25, 0.3) is 0 Å². The molecule has 1 saturated heterocycles. The van der Waals surface area contributed by atoms with Crippen molar-refractivity contribution in [3.05, 3.63) is 54.6 Å². The van der Waals surface area contributed by atoms with Gasteiger partial charge < -0.3 is 20.1 Å². The molecular weight excluding hydrogens is 304 g/mol. The van der Waals surface area contributed by atoms with Gasteiger partial charge in [-0.2, -0.15) is 0 Å². The van der Waals surface area contributed by atoms with Gasteiger partial charge >= 0.3 is 0 Å². The molecule has 0 spiro atoms. The van der Waals surface area contributed by atoms with Gasteiger partial charge in [0.15, 0.2) is 0 Å². The molecule has 5 heteroatoms. The Morgan fingerprint density at radius 1 is 1.12 bits per heavy atom. The number of benzene rings is 2. The number of amides is 1. The highest BCUT2D eigenvalue weighted by atomic mass is 16.5. The summed E-state index contributed by atoms with van der Waals surface area (Å²) in [4.78, 5) is 11.9. The lowest BCUT2D eigenvalue weighted by Crippen LogP contribution is -2.21. The molecule has 1 heterocycles. The van der Waals surface area contributed by atoms with Crippen LogP contribution in [-0.2, 0) is 9.53 Å². The Bertz CT molecular complexity index is 655. The Morgan fingerprint density at radius 2 is 1.96 bits per heavy atom. The first-order valence-corrected chi connectivity index (χ1v) is 8.23. The number of hydrogen-bond acceptors (Lipinski definition) is 4. The van der Waals surface area contributed by atoms with Gasteiger partial charge in [0.2, 0.25) is 5.91 Å². The van der Waals surface area contributed by atoms with E-state index >= 15 is 0 Å². The monoisotopic (exact) mass is 326 g/mol. The summed E-state index contributed by atoms with van der Waals surface area (Å²) in [7, 11) is 0. The Hall–Kier alpha value is -2.53. The molecule has 1 amide bonds. The number of hydrogen-bond donors (Lipinski definition) is 2. The molecule has 0 radical (unpaired) electrons. The van der Waals surface area contributed by atoms with E-state index in [-0.39, 0.29) is 18.6 Å². The van der Waals surface area contributed by atoms with Crippen molar-refractivity contribution in [2.75, 3.05) is 30.4 Å². The van der Waals surface area contributed by atoms with E-state index in [4.69, 9.17) is 9.47 Å². The molecule has 0 aromatic heterocycles. The molecule has 2 N–H and O–H groups in total. The van der Waals surface area contributed by atoms with Crippen LogP contribution in [-0.4, -0.2) is 31.8 Å². The average Bonchev–Trinajstić information content (AvgIpc) is 3.13. The minimum Gasteiger partial charge on any atom is -0.491 e. The quantitative estimate of drug-likeness (QED) is 0.820. The Kier molecular flexibility index (Phi) is 5.69. The van der Waals surface area contributed by atoms with Gasteiger partial charge in [-0.1, -0.05) is 24.3 Å². The molecule has 5 nitrogen and oxygen atoms in total. The summed E-state index contributed by atoms with van der Waals surface area (Å²) in [5.41, 5.74) is 1.64. The van der Waals surface area contributed by atoms with Crippen molar-refractivity contribution in [3.8, 4) is 5.75 Å². The summed E-state index contributed by atoms with van der Waals surface area (Å²) in [6.07, 6.45) is 2.35. The zero-order valence-electron chi connectivity index (χ0n) is 13.5. The van der Waals surface area contributed by atoms with Crippen LogP contribution in [0.4, 0.5) is 11.4 Å². The van der Waals surface area contributed by atoms with Crippen LogP contribution in [0.2, 0.25) is 0 Å². The number of para-hydroxylation sites is 1. The maximum Gasteiger partial charge on any atom is 0.243 e. The first-order valence-electron chi connectivity index (χ1n) is 8.23. The van der Waals surface area contributed by atoms with E-state index in [0.29, 0.717) is 6.61 Å². The molecule has 1 fully saturated rings. The number of rotatable bonds is 7. The minimum atomic E-state index is -0.0909. The number of nitrogens with one attached hydrogen (secondary N) is 2. The number of ether oxygens (including phenoxy) is 2. The molecule has 126 valence electrons. The average molecular weight is 326 g/mol. The second kappa shape index (κ2) is 8.36. The topological polar surface area (TPSA) is 59.6 Å². The Balaban J connectivity index is 1.46. The molecule has 0 saturated carbocycles. The molecule has 2 aromatic rings. The lowest BCUT2D eigenvalue weighted by molar-refractivity contribution is -0.114. The van der Waals surface area contributed by atoms with Crippen molar-refractivity contribution in [2.24, 2.45) is 0 Å². The largest absolute Gasteiger partial charge is 0.491 e. The van der Waals surface area contributed by atoms with Crippen molar-refractivity contribution in [2.45, 2.75) is 18.9 Å². The van der Waals surface area contributed by atoms with E-state index in [1.54, 1.807) is 0 Å². The summed E-state index contributed by atoms with van der Waals surface area (Å²) in [5, 5.41) is 5.95. The Labute approximate surface area is 142 Å². The maximum atomic E-state index is 11.9. The zero-order chi connectivity index (χ0) is 16.6. The smallest absolute Gasteiger partial charge is 0.243 e. The van der Waals surface area contributed by atoms with Gasteiger partial charge in [0, 0.05) is 24.0 Å². The van der Waals surface area contributed by atoms with Crippen molar-refractivity contribution >= 4 is 17.3 Å². The number of anilines is 2. The van der Waals surface area contributed by atoms with Crippen LogP contribution >= 0.6 is 0 Å². The molecule has 0 aliphatic carbocycles. The van der Waals surface area contributed by atoms with E-state index in [9.17, 15) is 4.79 Å². The van der Waals surface area contributed by atoms with E-state index in [1.165, 1.54) is 0 Å². The molecule has 2 aromatic carbocycles. The Morgan fingerprint density at radius 3 is 2.75 bits per heavy atom. The normalized spacial score (nSPS) is 16.6. The molecule has 0 bridgehead atoms. The van der Waals surface area contributed by atoms with Gasteiger partial charge in [0.25, 0.3) is 0 Å². The summed E-state index contributed by atoms with van der Waals surface area (Å²) >= 11 is 0. The summed E-state index contributed by atoms with van der Waals surface area (Å²) < 4.78 is 11.3. The highest BCUT2D eigenvalue weighted by molar-refractivity contribution is 5.93. The van der Waals surface area contributed by atoms with E-state index in [1.807, 2.05) is 54.6 Å². The van der Waals surface area contributed by atoms with Gasteiger partial charge in [-0.3, -0.25) is 4.79 Å². The molecule has 1 aliphatic heterocycles. The van der Waals surface area contributed by atoms with E-state index in [0.717, 1.165) is 36.6 Å². The van der Waals surface area contributed by atoms with Crippen molar-refractivity contribution in [3.63, 3.8) is 0 Å². The molecule has 24 heavy (non-hydrogen) atoms. The molecule has 1 atom stereocenters. The zero-order valence-corrected chi connectivity index (χ0v) is 13.5. The van der Waals surface area contributed by atoms with Crippen LogP contribution in [0.3, 0.4) is 0 Å².